The minimum Gasteiger partial charge on any atom is -0.462 e. The van der Waals surface area contributed by atoms with E-state index in [1.54, 1.807) is 12.1 Å². The monoisotopic (exact) mass is 296 g/mol. The minimum absolute atomic E-state index is 0.353. The normalized spacial score (nSPS) is 11.9. The van der Waals surface area contributed by atoms with Crippen LogP contribution in [0.1, 0.15) is 60.2 Å². The summed E-state index contributed by atoms with van der Waals surface area (Å²) in [6.07, 6.45) is 4.40. The van der Waals surface area contributed by atoms with Gasteiger partial charge in [0, 0.05) is 5.56 Å². The second kappa shape index (κ2) is 8.75. The Hall–Kier alpha value is -1.35. The molecule has 0 radical (unpaired) electrons. The van der Waals surface area contributed by atoms with Gasteiger partial charge in [0.1, 0.15) is 0 Å². The van der Waals surface area contributed by atoms with Crippen LogP contribution in [0.2, 0.25) is 0 Å². The van der Waals surface area contributed by atoms with Crippen LogP contribution in [-0.2, 0) is 4.74 Å². The Labute approximate surface area is 125 Å². The number of benzene rings is 1. The molecule has 4 heteroatoms. The van der Waals surface area contributed by atoms with E-state index in [0.29, 0.717) is 23.7 Å². The van der Waals surface area contributed by atoms with Crippen LogP contribution >= 0.6 is 11.6 Å². The third-order valence-electron chi connectivity index (χ3n) is 3.34. The van der Waals surface area contributed by atoms with Crippen LogP contribution in [0.3, 0.4) is 0 Å². The summed E-state index contributed by atoms with van der Waals surface area (Å²) in [5.41, 5.74) is 0.814. The number of ether oxygens (including phenoxy) is 1. The number of unbranched alkanes of at least 4 members (excludes halogenated alkanes) is 1. The lowest BCUT2D eigenvalue weighted by molar-refractivity contribution is 0.0428. The number of halogens is 1. The molecule has 1 aromatic carbocycles. The molecule has 0 amide bonds. The second-order valence-corrected chi connectivity index (χ2v) is 5.21. The molecule has 0 aliphatic rings. The van der Waals surface area contributed by atoms with Crippen molar-refractivity contribution in [1.29, 1.82) is 0 Å². The maximum Gasteiger partial charge on any atom is 0.338 e. The van der Waals surface area contributed by atoms with E-state index >= 15 is 0 Å². The Morgan fingerprint density at radius 1 is 1.15 bits per heavy atom. The van der Waals surface area contributed by atoms with E-state index in [9.17, 15) is 9.59 Å². The predicted octanol–water partition coefficient (Wildman–Crippen LogP) is 4.44. The minimum atomic E-state index is -0.532. The fourth-order valence-corrected chi connectivity index (χ4v) is 2.04. The van der Waals surface area contributed by atoms with Gasteiger partial charge in [0.05, 0.1) is 12.2 Å². The molecule has 0 saturated carbocycles. The maximum atomic E-state index is 11.9. The highest BCUT2D eigenvalue weighted by molar-refractivity contribution is 6.67. The van der Waals surface area contributed by atoms with Crippen molar-refractivity contribution in [3.05, 3.63) is 35.4 Å². The standard InChI is InChI=1S/C16H21ClO3/c1-3-5-6-12(4-2)11-20-16(19)14-9-7-13(8-10-14)15(17)18/h7-10,12H,3-6,11H2,1-2H3. The zero-order valence-corrected chi connectivity index (χ0v) is 12.8. The van der Waals surface area contributed by atoms with E-state index < -0.39 is 5.24 Å². The highest BCUT2D eigenvalue weighted by atomic mass is 35.5. The first-order valence-corrected chi connectivity index (χ1v) is 7.43. The van der Waals surface area contributed by atoms with E-state index in [4.69, 9.17) is 16.3 Å². The van der Waals surface area contributed by atoms with Crippen molar-refractivity contribution in [1.82, 2.24) is 0 Å². The zero-order valence-electron chi connectivity index (χ0n) is 12.0. The van der Waals surface area contributed by atoms with Gasteiger partial charge in [-0.3, -0.25) is 4.79 Å². The van der Waals surface area contributed by atoms with Crippen LogP contribution in [0, 0.1) is 5.92 Å². The van der Waals surface area contributed by atoms with Crippen LogP contribution in [0.25, 0.3) is 0 Å². The molecule has 20 heavy (non-hydrogen) atoms. The lowest BCUT2D eigenvalue weighted by Crippen LogP contribution is -2.14. The van der Waals surface area contributed by atoms with E-state index in [1.807, 2.05) is 0 Å². The van der Waals surface area contributed by atoms with Gasteiger partial charge >= 0.3 is 5.97 Å². The van der Waals surface area contributed by atoms with Gasteiger partial charge in [0.15, 0.2) is 0 Å². The lowest BCUT2D eigenvalue weighted by Gasteiger charge is -2.14. The van der Waals surface area contributed by atoms with Crippen LogP contribution in [0.15, 0.2) is 24.3 Å². The SMILES string of the molecule is CCCCC(CC)COC(=O)c1ccc(C(=O)Cl)cc1. The fraction of sp³-hybridized carbons (Fsp3) is 0.500. The third kappa shape index (κ3) is 5.33. The fourth-order valence-electron chi connectivity index (χ4n) is 1.91. The average molecular weight is 297 g/mol. The molecule has 1 unspecified atom stereocenters. The first-order valence-electron chi connectivity index (χ1n) is 7.05. The number of carbonyl (C=O) groups is 2. The number of hydrogen-bond donors (Lipinski definition) is 0. The molecule has 1 aromatic rings. The number of carbonyl (C=O) groups excluding carboxylic acids is 2. The predicted molar refractivity (Wildman–Crippen MR) is 80.2 cm³/mol. The van der Waals surface area contributed by atoms with Crippen molar-refractivity contribution in [3.63, 3.8) is 0 Å². The van der Waals surface area contributed by atoms with Crippen molar-refractivity contribution >= 4 is 22.8 Å². The molecule has 0 fully saturated rings. The molecule has 0 aromatic heterocycles. The Balaban J connectivity index is 2.51. The van der Waals surface area contributed by atoms with Gasteiger partial charge in [-0.2, -0.15) is 0 Å². The highest BCUT2D eigenvalue weighted by Crippen LogP contribution is 2.14. The quantitative estimate of drug-likeness (QED) is 0.526. The molecule has 0 N–H and O–H groups in total. The Morgan fingerprint density at radius 3 is 2.25 bits per heavy atom. The summed E-state index contributed by atoms with van der Waals surface area (Å²) < 4.78 is 5.32. The van der Waals surface area contributed by atoms with Crippen molar-refractivity contribution in [3.8, 4) is 0 Å². The summed E-state index contributed by atoms with van der Waals surface area (Å²) in [6.45, 7) is 4.71. The number of rotatable bonds is 8. The van der Waals surface area contributed by atoms with Gasteiger partial charge < -0.3 is 4.74 Å². The second-order valence-electron chi connectivity index (χ2n) is 4.87. The number of hydrogen-bond acceptors (Lipinski definition) is 3. The molecule has 1 rings (SSSR count). The maximum absolute atomic E-state index is 11.9. The molecule has 0 saturated heterocycles. The van der Waals surface area contributed by atoms with Crippen molar-refractivity contribution in [2.45, 2.75) is 39.5 Å². The smallest absolute Gasteiger partial charge is 0.338 e. The van der Waals surface area contributed by atoms with E-state index in [-0.39, 0.29) is 5.97 Å². The third-order valence-corrected chi connectivity index (χ3v) is 3.56. The van der Waals surface area contributed by atoms with Gasteiger partial charge in [0.2, 0.25) is 0 Å². The molecule has 3 nitrogen and oxygen atoms in total. The van der Waals surface area contributed by atoms with Crippen LogP contribution < -0.4 is 0 Å². The van der Waals surface area contributed by atoms with Crippen LogP contribution in [0.4, 0.5) is 0 Å². The summed E-state index contributed by atoms with van der Waals surface area (Å²) in [6, 6.07) is 6.18. The Morgan fingerprint density at radius 2 is 1.75 bits per heavy atom. The highest BCUT2D eigenvalue weighted by Gasteiger charge is 2.12. The zero-order chi connectivity index (χ0) is 15.0. The van der Waals surface area contributed by atoms with Crippen molar-refractivity contribution in [2.24, 2.45) is 5.92 Å². The summed E-state index contributed by atoms with van der Waals surface area (Å²) in [5.74, 6) is 0.0658. The summed E-state index contributed by atoms with van der Waals surface area (Å²) >= 11 is 5.35. The molecule has 0 aliphatic heterocycles. The largest absolute Gasteiger partial charge is 0.462 e. The van der Waals surface area contributed by atoms with Gasteiger partial charge in [-0.1, -0.05) is 33.1 Å². The number of esters is 1. The first-order chi connectivity index (χ1) is 9.58. The van der Waals surface area contributed by atoms with Crippen LogP contribution in [0.5, 0.6) is 0 Å². The Kier molecular flexibility index (Phi) is 7.31. The Bertz CT molecular complexity index is 440. The van der Waals surface area contributed by atoms with Gasteiger partial charge in [0.25, 0.3) is 5.24 Å². The lowest BCUT2D eigenvalue weighted by atomic mass is 10.0. The topological polar surface area (TPSA) is 43.4 Å². The van der Waals surface area contributed by atoms with Gasteiger partial charge in [-0.05, 0) is 48.2 Å². The molecule has 0 aliphatic carbocycles. The molecule has 0 bridgehead atoms. The molecular formula is C16H21ClO3. The first kappa shape index (κ1) is 16.7. The molecular weight excluding hydrogens is 276 g/mol. The molecule has 0 heterocycles. The summed E-state index contributed by atoms with van der Waals surface area (Å²) in [5, 5.41) is -0.532. The van der Waals surface area contributed by atoms with E-state index in [0.717, 1.165) is 25.7 Å². The summed E-state index contributed by atoms with van der Waals surface area (Å²) in [4.78, 5) is 22.8. The van der Waals surface area contributed by atoms with E-state index in [1.165, 1.54) is 12.1 Å². The summed E-state index contributed by atoms with van der Waals surface area (Å²) in [7, 11) is 0. The average Bonchev–Trinajstić information content (AvgIpc) is 2.47. The van der Waals surface area contributed by atoms with Crippen molar-refractivity contribution in [2.75, 3.05) is 6.61 Å². The molecule has 1 atom stereocenters. The molecule has 110 valence electrons. The van der Waals surface area contributed by atoms with Gasteiger partial charge in [-0.25, -0.2) is 4.79 Å². The van der Waals surface area contributed by atoms with Crippen molar-refractivity contribution < 1.29 is 14.3 Å². The molecule has 0 spiro atoms. The van der Waals surface area contributed by atoms with E-state index in [2.05, 4.69) is 13.8 Å². The van der Waals surface area contributed by atoms with Gasteiger partial charge in [-0.15, -0.1) is 0 Å². The van der Waals surface area contributed by atoms with Crippen LogP contribution in [-0.4, -0.2) is 17.8 Å².